The molecule has 28 heavy (non-hydrogen) atoms. The van der Waals surface area contributed by atoms with Gasteiger partial charge < -0.3 is 20.1 Å². The second-order valence-electron chi connectivity index (χ2n) is 7.17. The van der Waals surface area contributed by atoms with Gasteiger partial charge in [0.05, 0.1) is 23.2 Å². The predicted molar refractivity (Wildman–Crippen MR) is 115 cm³/mol. The van der Waals surface area contributed by atoms with Gasteiger partial charge in [0.2, 0.25) is 0 Å². The molecule has 0 radical (unpaired) electrons. The summed E-state index contributed by atoms with van der Waals surface area (Å²) in [4.78, 5) is 12.0. The lowest BCUT2D eigenvalue weighted by Gasteiger charge is -2.38. The summed E-state index contributed by atoms with van der Waals surface area (Å²) in [6, 6.07) is 13.0. The number of rotatable bonds is 4. The third-order valence-corrected chi connectivity index (χ3v) is 4.95. The number of ether oxygens (including phenoxy) is 2. The molecule has 1 aliphatic heterocycles. The zero-order valence-corrected chi connectivity index (χ0v) is 17.6. The number of para-hydroxylation sites is 1. The maximum Gasteiger partial charge on any atom is 0.339 e. The van der Waals surface area contributed by atoms with Gasteiger partial charge in [-0.25, -0.2) is 4.79 Å². The first-order chi connectivity index (χ1) is 13.3. The van der Waals surface area contributed by atoms with E-state index in [1.807, 2.05) is 24.3 Å². The van der Waals surface area contributed by atoms with Crippen molar-refractivity contribution in [2.24, 2.45) is 0 Å². The molecule has 0 amide bonds. The average Bonchev–Trinajstić information content (AvgIpc) is 2.62. The van der Waals surface area contributed by atoms with Crippen molar-refractivity contribution in [3.63, 3.8) is 0 Å². The van der Waals surface area contributed by atoms with E-state index in [0.29, 0.717) is 21.4 Å². The molecule has 0 bridgehead atoms. The van der Waals surface area contributed by atoms with Crippen LogP contribution in [0.1, 0.15) is 49.2 Å². The van der Waals surface area contributed by atoms with E-state index in [2.05, 4.69) is 24.5 Å². The quantitative estimate of drug-likeness (QED) is 0.531. The van der Waals surface area contributed by atoms with Crippen molar-refractivity contribution < 1.29 is 14.3 Å². The molecule has 2 aromatic carbocycles. The van der Waals surface area contributed by atoms with E-state index < -0.39 is 5.97 Å². The van der Waals surface area contributed by atoms with E-state index in [0.717, 1.165) is 17.7 Å². The number of anilines is 1. The van der Waals surface area contributed by atoms with E-state index in [1.165, 1.54) is 0 Å². The fourth-order valence-corrected chi connectivity index (χ4v) is 3.68. The molecular weight excluding hydrogens is 396 g/mol. The van der Waals surface area contributed by atoms with Gasteiger partial charge in [-0.15, -0.1) is 0 Å². The minimum atomic E-state index is -0.463. The Kier molecular flexibility index (Phi) is 6.10. The number of fused-ring (bicyclic) bond motifs is 1. The molecule has 0 saturated carbocycles. The van der Waals surface area contributed by atoms with Crippen LogP contribution in [0.3, 0.4) is 0 Å². The summed E-state index contributed by atoms with van der Waals surface area (Å²) in [7, 11) is 0. The van der Waals surface area contributed by atoms with Gasteiger partial charge in [-0.05, 0) is 57.3 Å². The van der Waals surface area contributed by atoms with Crippen LogP contribution in [0.4, 0.5) is 5.69 Å². The van der Waals surface area contributed by atoms with Crippen LogP contribution >= 0.6 is 23.8 Å². The van der Waals surface area contributed by atoms with Crippen LogP contribution < -0.4 is 15.4 Å². The summed E-state index contributed by atoms with van der Waals surface area (Å²) < 4.78 is 11.1. The maximum absolute atomic E-state index is 12.0. The van der Waals surface area contributed by atoms with Crippen molar-refractivity contribution in [3.05, 3.63) is 58.6 Å². The van der Waals surface area contributed by atoms with Gasteiger partial charge in [-0.3, -0.25) is 0 Å². The van der Waals surface area contributed by atoms with Crippen molar-refractivity contribution in [2.75, 3.05) is 11.9 Å². The Balaban J connectivity index is 1.74. The Morgan fingerprint density at radius 3 is 2.82 bits per heavy atom. The van der Waals surface area contributed by atoms with Crippen molar-refractivity contribution in [3.8, 4) is 5.75 Å². The van der Waals surface area contributed by atoms with Gasteiger partial charge in [-0.1, -0.05) is 29.8 Å². The molecule has 7 heteroatoms. The summed E-state index contributed by atoms with van der Waals surface area (Å²) in [5.74, 6) is 0.394. The summed E-state index contributed by atoms with van der Waals surface area (Å²) in [5, 5.41) is 7.27. The molecule has 0 saturated heterocycles. The Morgan fingerprint density at radius 1 is 1.32 bits per heavy atom. The summed E-state index contributed by atoms with van der Waals surface area (Å²) in [6.07, 6.45) is 0.764. The van der Waals surface area contributed by atoms with Gasteiger partial charge in [0.1, 0.15) is 11.4 Å². The van der Waals surface area contributed by atoms with Crippen LogP contribution in [0.15, 0.2) is 42.5 Å². The Labute approximate surface area is 175 Å². The van der Waals surface area contributed by atoms with Crippen LogP contribution in [0.25, 0.3) is 0 Å². The number of hydrogen-bond acceptors (Lipinski definition) is 4. The molecule has 5 nitrogen and oxygen atoms in total. The van der Waals surface area contributed by atoms with Crippen LogP contribution in [-0.4, -0.2) is 23.3 Å². The number of halogens is 1. The van der Waals surface area contributed by atoms with E-state index >= 15 is 0 Å². The van der Waals surface area contributed by atoms with Crippen LogP contribution in [0.5, 0.6) is 5.75 Å². The lowest BCUT2D eigenvalue weighted by molar-refractivity contribution is 0.0526. The molecule has 0 spiro atoms. The summed E-state index contributed by atoms with van der Waals surface area (Å²) >= 11 is 11.6. The number of hydrogen-bond donors (Lipinski definition) is 2. The molecule has 0 unspecified atom stereocenters. The first kappa shape index (κ1) is 20.4. The number of carbonyl (C=O) groups is 1. The smallest absolute Gasteiger partial charge is 0.339 e. The number of nitrogens with one attached hydrogen (secondary N) is 2. The van der Waals surface area contributed by atoms with Crippen LogP contribution in [0.2, 0.25) is 5.02 Å². The van der Waals surface area contributed by atoms with E-state index in [9.17, 15) is 4.79 Å². The highest BCUT2D eigenvalue weighted by atomic mass is 35.5. The highest BCUT2D eigenvalue weighted by Crippen LogP contribution is 2.39. The Hall–Kier alpha value is -2.31. The largest absolute Gasteiger partial charge is 0.487 e. The molecule has 2 N–H and O–H groups in total. The lowest BCUT2D eigenvalue weighted by atomic mass is 9.90. The third kappa shape index (κ3) is 4.75. The van der Waals surface area contributed by atoms with Gasteiger partial charge >= 0.3 is 5.97 Å². The van der Waals surface area contributed by atoms with E-state index in [-0.39, 0.29) is 18.2 Å². The molecule has 3 rings (SSSR count). The molecule has 0 aliphatic carbocycles. The predicted octanol–water partition coefficient (Wildman–Crippen LogP) is 5.11. The average molecular weight is 419 g/mol. The fraction of sp³-hybridized carbons (Fsp3) is 0.333. The molecule has 148 valence electrons. The van der Waals surface area contributed by atoms with Crippen molar-refractivity contribution in [1.82, 2.24) is 5.32 Å². The first-order valence-electron chi connectivity index (χ1n) is 9.11. The highest BCUT2D eigenvalue weighted by molar-refractivity contribution is 7.80. The minimum Gasteiger partial charge on any atom is -0.487 e. The van der Waals surface area contributed by atoms with Crippen LogP contribution in [0, 0.1) is 0 Å². The van der Waals surface area contributed by atoms with Crippen molar-refractivity contribution >= 4 is 40.6 Å². The highest BCUT2D eigenvalue weighted by Gasteiger charge is 2.33. The van der Waals surface area contributed by atoms with Gasteiger partial charge in [0.25, 0.3) is 0 Å². The normalized spacial score (nSPS) is 17.1. The first-order valence-corrected chi connectivity index (χ1v) is 9.90. The molecule has 1 atom stereocenters. The van der Waals surface area contributed by atoms with Crippen molar-refractivity contribution in [1.29, 1.82) is 0 Å². The van der Waals surface area contributed by atoms with E-state index in [1.54, 1.807) is 25.1 Å². The molecule has 1 aliphatic rings. The molecule has 0 fully saturated rings. The molecule has 1 heterocycles. The number of esters is 1. The molecular formula is C21H23ClN2O3S. The second kappa shape index (κ2) is 8.37. The van der Waals surface area contributed by atoms with Crippen molar-refractivity contribution in [2.45, 2.75) is 38.8 Å². The Morgan fingerprint density at radius 2 is 2.07 bits per heavy atom. The number of thiocarbonyl (C=S) groups is 1. The standard InChI is InChI=1S/C21H23ClN2O3S/c1-4-26-19(25)15-11-13(9-10-16(15)22)23-20(28)24-17-12-21(2,3)27-18-8-6-5-7-14(17)18/h5-11,17H,4,12H2,1-3H3,(H2,23,24,28)/t17-/m1/s1. The third-order valence-electron chi connectivity index (χ3n) is 4.40. The zero-order chi connectivity index (χ0) is 20.3. The SMILES string of the molecule is CCOC(=O)c1cc(NC(=S)N[C@@H]2CC(C)(C)Oc3ccccc32)ccc1Cl. The van der Waals surface area contributed by atoms with E-state index in [4.69, 9.17) is 33.3 Å². The lowest BCUT2D eigenvalue weighted by Crippen LogP contribution is -2.42. The summed E-state index contributed by atoms with van der Waals surface area (Å²) in [5.41, 5.74) is 1.71. The fourth-order valence-electron chi connectivity index (χ4n) is 3.22. The monoisotopic (exact) mass is 418 g/mol. The van der Waals surface area contributed by atoms with Gasteiger partial charge in [0, 0.05) is 17.7 Å². The maximum atomic E-state index is 12.0. The summed E-state index contributed by atoms with van der Waals surface area (Å²) in [6.45, 7) is 6.14. The second-order valence-corrected chi connectivity index (χ2v) is 7.99. The Bertz CT molecular complexity index is 901. The molecule has 2 aromatic rings. The zero-order valence-electron chi connectivity index (χ0n) is 16.0. The topological polar surface area (TPSA) is 59.6 Å². The minimum absolute atomic E-state index is 0.0109. The molecule has 0 aromatic heterocycles. The van der Waals surface area contributed by atoms with Gasteiger partial charge in [-0.2, -0.15) is 0 Å². The number of carbonyl (C=O) groups excluding carboxylic acids is 1. The van der Waals surface area contributed by atoms with Crippen LogP contribution in [-0.2, 0) is 4.74 Å². The van der Waals surface area contributed by atoms with Gasteiger partial charge in [0.15, 0.2) is 5.11 Å². The number of benzene rings is 2.